The lowest BCUT2D eigenvalue weighted by atomic mass is 10.1. The Morgan fingerprint density at radius 3 is 2.37 bits per heavy atom. The van der Waals surface area contributed by atoms with Crippen LogP contribution < -0.4 is 11.1 Å². The van der Waals surface area contributed by atoms with Crippen LogP contribution in [0.5, 0.6) is 0 Å². The van der Waals surface area contributed by atoms with Crippen LogP contribution in [0.4, 0.5) is 11.4 Å². The fraction of sp³-hybridized carbons (Fsp3) is 0. The van der Waals surface area contributed by atoms with E-state index in [2.05, 4.69) is 5.32 Å². The molecule has 2 aromatic carbocycles. The monoisotopic (exact) mass is 256 g/mol. The number of nitrogen functional groups attached to an aromatic ring is 1. The van der Waals surface area contributed by atoms with Crippen LogP contribution in [0, 0.1) is 0 Å². The van der Waals surface area contributed by atoms with Crippen LogP contribution in [0.15, 0.2) is 48.5 Å². The van der Waals surface area contributed by atoms with Gasteiger partial charge in [0.2, 0.25) is 0 Å². The van der Waals surface area contributed by atoms with Crippen LogP contribution in [0.2, 0.25) is 0 Å². The van der Waals surface area contributed by atoms with Crippen molar-refractivity contribution in [2.24, 2.45) is 0 Å². The van der Waals surface area contributed by atoms with Gasteiger partial charge < -0.3 is 16.2 Å². The first kappa shape index (κ1) is 12.6. The van der Waals surface area contributed by atoms with Gasteiger partial charge in [-0.25, -0.2) is 4.79 Å². The number of carbonyl (C=O) groups excluding carboxylic acids is 1. The van der Waals surface area contributed by atoms with E-state index in [0.29, 0.717) is 11.4 Å². The summed E-state index contributed by atoms with van der Waals surface area (Å²) in [5, 5.41) is 11.5. The van der Waals surface area contributed by atoms with Gasteiger partial charge in [0.25, 0.3) is 5.91 Å². The highest BCUT2D eigenvalue weighted by Crippen LogP contribution is 2.18. The van der Waals surface area contributed by atoms with Crippen molar-refractivity contribution in [3.63, 3.8) is 0 Å². The molecule has 96 valence electrons. The predicted octanol–water partition coefficient (Wildman–Crippen LogP) is 2.22. The Hall–Kier alpha value is -2.82. The zero-order valence-electron chi connectivity index (χ0n) is 9.96. The average molecular weight is 256 g/mol. The number of aromatic carboxylic acids is 1. The molecule has 0 saturated carbocycles. The third-order valence-electron chi connectivity index (χ3n) is 2.58. The number of carboxylic acid groups (broad SMARTS) is 1. The molecule has 2 aromatic rings. The normalized spacial score (nSPS) is 9.89. The van der Waals surface area contributed by atoms with E-state index in [1.165, 1.54) is 18.2 Å². The van der Waals surface area contributed by atoms with Crippen LogP contribution in [0.1, 0.15) is 20.7 Å². The molecule has 0 aliphatic rings. The van der Waals surface area contributed by atoms with Gasteiger partial charge in [-0.05, 0) is 30.3 Å². The maximum Gasteiger partial charge on any atom is 0.335 e. The summed E-state index contributed by atoms with van der Waals surface area (Å²) in [6, 6.07) is 12.7. The van der Waals surface area contributed by atoms with Crippen molar-refractivity contribution in [1.29, 1.82) is 0 Å². The van der Waals surface area contributed by atoms with E-state index >= 15 is 0 Å². The maximum absolute atomic E-state index is 12.0. The number of hydrogen-bond donors (Lipinski definition) is 3. The van der Waals surface area contributed by atoms with Gasteiger partial charge in [-0.15, -0.1) is 0 Å². The molecule has 0 unspecified atom stereocenters. The van der Waals surface area contributed by atoms with Crippen molar-refractivity contribution < 1.29 is 14.7 Å². The van der Waals surface area contributed by atoms with Crippen molar-refractivity contribution in [2.45, 2.75) is 0 Å². The van der Waals surface area contributed by atoms with Crippen LogP contribution in [-0.4, -0.2) is 17.0 Å². The van der Waals surface area contributed by atoms with Crippen LogP contribution in [0.3, 0.4) is 0 Å². The molecule has 4 N–H and O–H groups in total. The summed E-state index contributed by atoms with van der Waals surface area (Å²) >= 11 is 0. The number of amides is 1. The first-order valence-electron chi connectivity index (χ1n) is 5.57. The maximum atomic E-state index is 12.0. The summed E-state index contributed by atoms with van der Waals surface area (Å²) < 4.78 is 0. The lowest BCUT2D eigenvalue weighted by Gasteiger charge is -2.08. The van der Waals surface area contributed by atoms with Crippen LogP contribution >= 0.6 is 0 Å². The Morgan fingerprint density at radius 2 is 1.68 bits per heavy atom. The lowest BCUT2D eigenvalue weighted by molar-refractivity contribution is 0.0697. The summed E-state index contributed by atoms with van der Waals surface area (Å²) in [4.78, 5) is 22.8. The van der Waals surface area contributed by atoms with E-state index in [1.807, 2.05) is 0 Å². The topological polar surface area (TPSA) is 92.4 Å². The summed E-state index contributed by atoms with van der Waals surface area (Å²) in [5.74, 6) is -1.48. The molecule has 0 atom stereocenters. The highest BCUT2D eigenvalue weighted by molar-refractivity contribution is 6.06. The molecule has 0 aliphatic carbocycles. The molecule has 5 nitrogen and oxygen atoms in total. The Labute approximate surface area is 109 Å². The second-order valence-corrected chi connectivity index (χ2v) is 3.93. The minimum atomic E-state index is -1.08. The first-order valence-corrected chi connectivity index (χ1v) is 5.57. The molecular formula is C14H12N2O3. The van der Waals surface area contributed by atoms with Crippen molar-refractivity contribution in [1.82, 2.24) is 0 Å². The van der Waals surface area contributed by atoms with E-state index in [-0.39, 0.29) is 11.1 Å². The summed E-state index contributed by atoms with van der Waals surface area (Å²) in [7, 11) is 0. The SMILES string of the molecule is Nc1ccccc1NC(=O)c1cccc(C(=O)O)c1. The van der Waals surface area contributed by atoms with Crippen LogP contribution in [0.25, 0.3) is 0 Å². The fourth-order valence-corrected chi connectivity index (χ4v) is 1.60. The zero-order valence-corrected chi connectivity index (χ0v) is 9.96. The van der Waals surface area contributed by atoms with Gasteiger partial charge >= 0.3 is 5.97 Å². The number of benzene rings is 2. The number of nitrogens with two attached hydrogens (primary N) is 1. The average Bonchev–Trinajstić information content (AvgIpc) is 2.41. The Balaban J connectivity index is 2.23. The third-order valence-corrected chi connectivity index (χ3v) is 2.58. The predicted molar refractivity (Wildman–Crippen MR) is 72.2 cm³/mol. The summed E-state index contributed by atoms with van der Waals surface area (Å²) in [5.41, 5.74) is 6.99. The van der Waals surface area contributed by atoms with Gasteiger partial charge in [0.1, 0.15) is 0 Å². The molecule has 2 rings (SSSR count). The van der Waals surface area contributed by atoms with Gasteiger partial charge in [-0.3, -0.25) is 4.79 Å². The minimum absolute atomic E-state index is 0.0636. The molecule has 0 saturated heterocycles. The molecule has 0 aromatic heterocycles. The molecule has 1 amide bonds. The number of carbonyl (C=O) groups is 2. The molecular weight excluding hydrogens is 244 g/mol. The summed E-state index contributed by atoms with van der Waals surface area (Å²) in [6.45, 7) is 0. The molecule has 0 bridgehead atoms. The second kappa shape index (κ2) is 5.22. The number of hydrogen-bond acceptors (Lipinski definition) is 3. The molecule has 0 aliphatic heterocycles. The first-order chi connectivity index (χ1) is 9.08. The van der Waals surface area contributed by atoms with E-state index in [4.69, 9.17) is 10.8 Å². The standard InChI is InChI=1S/C14H12N2O3/c15-11-6-1-2-7-12(11)16-13(17)9-4-3-5-10(8-9)14(18)19/h1-8H,15H2,(H,16,17)(H,18,19). The largest absolute Gasteiger partial charge is 0.478 e. The second-order valence-electron chi connectivity index (χ2n) is 3.93. The Morgan fingerprint density at radius 1 is 1.00 bits per heavy atom. The molecule has 0 heterocycles. The number of rotatable bonds is 3. The quantitative estimate of drug-likeness (QED) is 0.734. The van der Waals surface area contributed by atoms with Gasteiger partial charge in [0.15, 0.2) is 0 Å². The third kappa shape index (κ3) is 2.90. The number of para-hydroxylation sites is 2. The van der Waals surface area contributed by atoms with E-state index in [9.17, 15) is 9.59 Å². The number of carboxylic acids is 1. The fourth-order valence-electron chi connectivity index (χ4n) is 1.60. The lowest BCUT2D eigenvalue weighted by Crippen LogP contribution is -2.13. The molecule has 0 fully saturated rings. The van der Waals surface area contributed by atoms with E-state index < -0.39 is 11.9 Å². The smallest absolute Gasteiger partial charge is 0.335 e. The molecule has 0 spiro atoms. The molecule has 19 heavy (non-hydrogen) atoms. The van der Waals surface area contributed by atoms with Crippen molar-refractivity contribution >= 4 is 23.3 Å². The highest BCUT2D eigenvalue weighted by atomic mass is 16.4. The zero-order chi connectivity index (χ0) is 13.8. The van der Waals surface area contributed by atoms with Crippen molar-refractivity contribution in [2.75, 3.05) is 11.1 Å². The van der Waals surface area contributed by atoms with Gasteiger partial charge in [-0.2, -0.15) is 0 Å². The number of anilines is 2. The minimum Gasteiger partial charge on any atom is -0.478 e. The summed E-state index contributed by atoms with van der Waals surface area (Å²) in [6.07, 6.45) is 0. The van der Waals surface area contributed by atoms with Gasteiger partial charge in [0, 0.05) is 5.56 Å². The van der Waals surface area contributed by atoms with Crippen molar-refractivity contribution in [3.8, 4) is 0 Å². The van der Waals surface area contributed by atoms with E-state index in [1.54, 1.807) is 30.3 Å². The Kier molecular flexibility index (Phi) is 3.47. The van der Waals surface area contributed by atoms with Crippen LogP contribution in [-0.2, 0) is 0 Å². The molecule has 5 heteroatoms. The number of nitrogens with one attached hydrogen (secondary N) is 1. The van der Waals surface area contributed by atoms with Crippen molar-refractivity contribution in [3.05, 3.63) is 59.7 Å². The molecule has 0 radical (unpaired) electrons. The highest BCUT2D eigenvalue weighted by Gasteiger charge is 2.10. The van der Waals surface area contributed by atoms with Gasteiger partial charge in [0.05, 0.1) is 16.9 Å². The van der Waals surface area contributed by atoms with Gasteiger partial charge in [-0.1, -0.05) is 18.2 Å². The Bertz CT molecular complexity index is 638. The van der Waals surface area contributed by atoms with E-state index in [0.717, 1.165) is 0 Å².